The van der Waals surface area contributed by atoms with Gasteiger partial charge in [0.25, 0.3) is 0 Å². The lowest BCUT2D eigenvalue weighted by Crippen LogP contribution is -2.70. The van der Waals surface area contributed by atoms with Crippen LogP contribution >= 0.6 is 0 Å². The molecule has 2 aromatic rings. The number of rotatable bonds is 4. The highest BCUT2D eigenvalue weighted by molar-refractivity contribution is 7.89. The maximum absolute atomic E-state index is 13.2. The van der Waals surface area contributed by atoms with Gasteiger partial charge in [0, 0.05) is 57.0 Å². The van der Waals surface area contributed by atoms with Crippen LogP contribution in [0.2, 0.25) is 0 Å². The number of aromatic nitrogens is 1. The number of sulfonamides is 1. The standard InChI is InChI=1S/C21H28N4O2S/c1-21(2)17-24(28(26,27)20-9-4-3-5-10-20)16-19-15-23(12-13-25(19)21)14-18-8-6-7-11-22-18/h3-11,19H,12-17H2,1-2H3/t19-/m0/s1. The molecule has 150 valence electrons. The zero-order valence-corrected chi connectivity index (χ0v) is 17.3. The van der Waals surface area contributed by atoms with Gasteiger partial charge in [-0.1, -0.05) is 24.3 Å². The summed E-state index contributed by atoms with van der Waals surface area (Å²) in [5.74, 6) is 0. The molecule has 0 spiro atoms. The molecule has 2 saturated heterocycles. The van der Waals surface area contributed by atoms with Crippen molar-refractivity contribution in [2.75, 3.05) is 32.7 Å². The fraction of sp³-hybridized carbons (Fsp3) is 0.476. The number of nitrogens with zero attached hydrogens (tertiary/aromatic N) is 4. The van der Waals surface area contributed by atoms with Crippen molar-refractivity contribution >= 4 is 10.0 Å². The predicted octanol–water partition coefficient (Wildman–Crippen LogP) is 2.05. The second kappa shape index (κ2) is 7.55. The molecule has 0 amide bonds. The minimum Gasteiger partial charge on any atom is -0.295 e. The van der Waals surface area contributed by atoms with E-state index in [-0.39, 0.29) is 11.6 Å². The molecule has 2 fully saturated rings. The molecule has 1 aromatic heterocycles. The van der Waals surface area contributed by atoms with Crippen molar-refractivity contribution in [2.45, 2.75) is 36.9 Å². The van der Waals surface area contributed by atoms with Crippen LogP contribution in [-0.2, 0) is 16.6 Å². The molecular weight excluding hydrogens is 372 g/mol. The normalized spacial score (nSPS) is 24.0. The van der Waals surface area contributed by atoms with Crippen molar-refractivity contribution in [1.82, 2.24) is 19.1 Å². The molecule has 0 radical (unpaired) electrons. The van der Waals surface area contributed by atoms with Crippen LogP contribution in [0, 0.1) is 0 Å². The van der Waals surface area contributed by atoms with E-state index in [4.69, 9.17) is 0 Å². The van der Waals surface area contributed by atoms with E-state index >= 15 is 0 Å². The van der Waals surface area contributed by atoms with Gasteiger partial charge in [-0.2, -0.15) is 4.31 Å². The molecule has 0 bridgehead atoms. The highest BCUT2D eigenvalue weighted by Crippen LogP contribution is 2.31. The van der Waals surface area contributed by atoms with E-state index in [0.29, 0.717) is 18.0 Å². The number of pyridine rings is 1. The van der Waals surface area contributed by atoms with Crippen molar-refractivity contribution in [1.29, 1.82) is 0 Å². The topological polar surface area (TPSA) is 56.8 Å². The molecule has 7 heteroatoms. The van der Waals surface area contributed by atoms with Crippen LogP contribution in [0.15, 0.2) is 59.6 Å². The largest absolute Gasteiger partial charge is 0.295 e. The molecule has 0 saturated carbocycles. The number of fused-ring (bicyclic) bond motifs is 1. The first-order valence-corrected chi connectivity index (χ1v) is 11.2. The molecule has 2 aliphatic heterocycles. The highest BCUT2D eigenvalue weighted by atomic mass is 32.2. The first-order chi connectivity index (χ1) is 13.4. The van der Waals surface area contributed by atoms with E-state index in [0.717, 1.165) is 31.9 Å². The Hall–Kier alpha value is -1.80. The lowest BCUT2D eigenvalue weighted by molar-refractivity contribution is -0.0452. The fourth-order valence-electron chi connectivity index (χ4n) is 4.48. The van der Waals surface area contributed by atoms with Gasteiger partial charge >= 0.3 is 0 Å². The Labute approximate surface area is 167 Å². The predicted molar refractivity (Wildman–Crippen MR) is 109 cm³/mol. The van der Waals surface area contributed by atoms with Crippen molar-refractivity contribution in [2.24, 2.45) is 0 Å². The van der Waals surface area contributed by atoms with Gasteiger partial charge in [-0.25, -0.2) is 8.42 Å². The molecule has 0 N–H and O–H groups in total. The summed E-state index contributed by atoms with van der Waals surface area (Å²) >= 11 is 0. The van der Waals surface area contributed by atoms with Gasteiger partial charge in [0.15, 0.2) is 0 Å². The summed E-state index contributed by atoms with van der Waals surface area (Å²) in [5, 5.41) is 0. The van der Waals surface area contributed by atoms with Gasteiger partial charge in [0.05, 0.1) is 10.6 Å². The first kappa shape index (κ1) is 19.5. The Morgan fingerprint density at radius 3 is 2.50 bits per heavy atom. The van der Waals surface area contributed by atoms with Gasteiger partial charge in [-0.15, -0.1) is 0 Å². The van der Waals surface area contributed by atoms with Crippen LogP contribution in [-0.4, -0.2) is 71.8 Å². The Balaban J connectivity index is 1.53. The van der Waals surface area contributed by atoms with Crippen LogP contribution in [0.3, 0.4) is 0 Å². The van der Waals surface area contributed by atoms with Crippen molar-refractivity contribution in [3.8, 4) is 0 Å². The summed E-state index contributed by atoms with van der Waals surface area (Å²) in [5.41, 5.74) is 0.863. The number of hydrogen-bond donors (Lipinski definition) is 0. The maximum Gasteiger partial charge on any atom is 0.243 e. The van der Waals surface area contributed by atoms with Crippen LogP contribution in [0.4, 0.5) is 0 Å². The molecule has 0 aliphatic carbocycles. The average Bonchev–Trinajstić information content (AvgIpc) is 2.68. The Bertz CT molecular complexity index is 903. The third-order valence-electron chi connectivity index (χ3n) is 5.81. The fourth-order valence-corrected chi connectivity index (χ4v) is 6.14. The van der Waals surface area contributed by atoms with Crippen LogP contribution in [0.1, 0.15) is 19.5 Å². The van der Waals surface area contributed by atoms with E-state index < -0.39 is 10.0 Å². The summed E-state index contributed by atoms with van der Waals surface area (Å²) < 4.78 is 28.1. The van der Waals surface area contributed by atoms with Gasteiger partial charge in [-0.3, -0.25) is 14.8 Å². The quantitative estimate of drug-likeness (QED) is 0.786. The second-order valence-corrected chi connectivity index (χ2v) is 10.3. The summed E-state index contributed by atoms with van der Waals surface area (Å²) in [4.78, 5) is 9.69. The van der Waals surface area contributed by atoms with Crippen LogP contribution in [0.25, 0.3) is 0 Å². The van der Waals surface area contributed by atoms with Crippen LogP contribution in [0.5, 0.6) is 0 Å². The summed E-state index contributed by atoms with van der Waals surface area (Å²) in [6.07, 6.45) is 1.82. The third kappa shape index (κ3) is 3.85. The highest BCUT2D eigenvalue weighted by Gasteiger charge is 2.45. The van der Waals surface area contributed by atoms with Gasteiger partial charge < -0.3 is 0 Å². The van der Waals surface area contributed by atoms with Gasteiger partial charge in [0.1, 0.15) is 0 Å². The van der Waals surface area contributed by atoms with E-state index in [1.165, 1.54) is 0 Å². The molecule has 3 heterocycles. The third-order valence-corrected chi connectivity index (χ3v) is 7.64. The molecule has 6 nitrogen and oxygen atoms in total. The zero-order chi connectivity index (χ0) is 19.8. The Morgan fingerprint density at radius 2 is 1.79 bits per heavy atom. The summed E-state index contributed by atoms with van der Waals surface area (Å²) in [7, 11) is -3.48. The van der Waals surface area contributed by atoms with Crippen LogP contribution < -0.4 is 0 Å². The molecule has 0 unspecified atom stereocenters. The maximum atomic E-state index is 13.2. The number of hydrogen-bond acceptors (Lipinski definition) is 5. The van der Waals surface area contributed by atoms with Crippen molar-refractivity contribution < 1.29 is 8.42 Å². The van der Waals surface area contributed by atoms with E-state index in [1.807, 2.05) is 30.5 Å². The number of benzene rings is 1. The van der Waals surface area contributed by atoms with Gasteiger partial charge in [0.2, 0.25) is 10.0 Å². The average molecular weight is 401 g/mol. The Kier molecular flexibility index (Phi) is 5.26. The Morgan fingerprint density at radius 1 is 1.04 bits per heavy atom. The second-order valence-electron chi connectivity index (χ2n) is 8.33. The molecule has 1 aromatic carbocycles. The SMILES string of the molecule is CC1(C)CN(S(=O)(=O)c2ccccc2)C[C@@H]2CN(Cc3ccccn3)CCN21. The van der Waals surface area contributed by atoms with Crippen molar-refractivity contribution in [3.63, 3.8) is 0 Å². The lowest BCUT2D eigenvalue weighted by atomic mass is 9.94. The monoisotopic (exact) mass is 400 g/mol. The van der Waals surface area contributed by atoms with E-state index in [9.17, 15) is 8.42 Å². The molecule has 1 atom stereocenters. The van der Waals surface area contributed by atoms with E-state index in [1.54, 1.807) is 28.6 Å². The minimum atomic E-state index is -3.48. The lowest BCUT2D eigenvalue weighted by Gasteiger charge is -2.55. The molecule has 4 rings (SSSR count). The van der Waals surface area contributed by atoms with Gasteiger partial charge in [-0.05, 0) is 38.1 Å². The molecule has 28 heavy (non-hydrogen) atoms. The van der Waals surface area contributed by atoms with E-state index in [2.05, 4.69) is 28.6 Å². The van der Waals surface area contributed by atoms with Crippen molar-refractivity contribution in [3.05, 3.63) is 60.4 Å². The molecular formula is C21H28N4O2S. The number of piperazine rings is 2. The summed E-state index contributed by atoms with van der Waals surface area (Å²) in [6.45, 7) is 8.92. The molecule has 2 aliphatic rings. The minimum absolute atomic E-state index is 0.180. The summed E-state index contributed by atoms with van der Waals surface area (Å²) in [6, 6.07) is 14.9. The smallest absolute Gasteiger partial charge is 0.243 e. The zero-order valence-electron chi connectivity index (χ0n) is 16.5. The first-order valence-electron chi connectivity index (χ1n) is 9.80.